The smallest absolute Gasteiger partial charge is 0.311 e. The minimum Gasteiger partial charge on any atom is -0.481 e. The summed E-state index contributed by atoms with van der Waals surface area (Å²) in [5.74, 6) is -0.758. The molecular weight excluding hydrogens is 337 g/mol. The lowest BCUT2D eigenvalue weighted by atomic mass is 9.82. The van der Waals surface area contributed by atoms with Crippen LogP contribution in [-0.4, -0.2) is 35.0 Å². The molecule has 1 saturated carbocycles. The summed E-state index contributed by atoms with van der Waals surface area (Å²) in [6.07, 6.45) is 2.11. The van der Waals surface area contributed by atoms with Crippen molar-refractivity contribution in [2.45, 2.75) is 32.1 Å². The normalized spacial score (nSPS) is 30.1. The minimum atomic E-state index is -0.837. The van der Waals surface area contributed by atoms with Crippen LogP contribution in [0.2, 0.25) is 10.0 Å². The Kier molecular flexibility index (Phi) is 4.32. The van der Waals surface area contributed by atoms with Gasteiger partial charge in [0.25, 0.3) is 0 Å². The highest BCUT2D eigenvalue weighted by Gasteiger charge is 2.49. The van der Waals surface area contributed by atoms with Crippen LogP contribution in [0, 0.1) is 11.3 Å². The number of carbonyl (C=O) groups excluding carboxylic acids is 1. The van der Waals surface area contributed by atoms with Gasteiger partial charge in [-0.2, -0.15) is 0 Å². The zero-order valence-electron chi connectivity index (χ0n) is 12.9. The molecule has 2 fully saturated rings. The summed E-state index contributed by atoms with van der Waals surface area (Å²) < 4.78 is 0. The molecule has 1 amide bonds. The topological polar surface area (TPSA) is 57.6 Å². The summed E-state index contributed by atoms with van der Waals surface area (Å²) >= 11 is 12.1. The van der Waals surface area contributed by atoms with Gasteiger partial charge < -0.3 is 10.0 Å². The van der Waals surface area contributed by atoms with Crippen LogP contribution in [0.1, 0.15) is 37.7 Å². The maximum Gasteiger partial charge on any atom is 0.311 e. The van der Waals surface area contributed by atoms with E-state index in [2.05, 4.69) is 0 Å². The van der Waals surface area contributed by atoms with Crippen molar-refractivity contribution in [3.05, 3.63) is 33.8 Å². The predicted molar refractivity (Wildman–Crippen MR) is 88.9 cm³/mol. The summed E-state index contributed by atoms with van der Waals surface area (Å²) in [6, 6.07) is 5.35. The molecule has 0 bridgehead atoms. The van der Waals surface area contributed by atoms with E-state index in [1.807, 2.05) is 6.07 Å². The Bertz CT molecular complexity index is 663. The Balaban J connectivity index is 1.69. The first-order valence-electron chi connectivity index (χ1n) is 7.79. The van der Waals surface area contributed by atoms with Crippen molar-refractivity contribution < 1.29 is 14.7 Å². The zero-order valence-corrected chi connectivity index (χ0v) is 14.4. The average Bonchev–Trinajstić information content (AvgIpc) is 3.26. The molecule has 1 saturated heterocycles. The lowest BCUT2D eigenvalue weighted by Crippen LogP contribution is -2.49. The van der Waals surface area contributed by atoms with Crippen LogP contribution >= 0.6 is 23.2 Å². The number of carboxylic acids is 1. The third kappa shape index (κ3) is 3.20. The van der Waals surface area contributed by atoms with Crippen LogP contribution in [0.15, 0.2) is 18.2 Å². The van der Waals surface area contributed by atoms with Gasteiger partial charge in [-0.1, -0.05) is 29.3 Å². The molecule has 23 heavy (non-hydrogen) atoms. The van der Waals surface area contributed by atoms with Gasteiger partial charge in [0.2, 0.25) is 5.91 Å². The molecule has 1 aliphatic heterocycles. The lowest BCUT2D eigenvalue weighted by molar-refractivity contribution is -0.153. The maximum absolute atomic E-state index is 12.7. The van der Waals surface area contributed by atoms with E-state index in [-0.39, 0.29) is 17.7 Å². The van der Waals surface area contributed by atoms with Crippen molar-refractivity contribution in [2.75, 3.05) is 13.1 Å². The Morgan fingerprint density at radius 2 is 2.09 bits per heavy atom. The summed E-state index contributed by atoms with van der Waals surface area (Å²) in [4.78, 5) is 25.8. The number of hydrogen-bond acceptors (Lipinski definition) is 2. The van der Waals surface area contributed by atoms with Crippen molar-refractivity contribution in [3.63, 3.8) is 0 Å². The van der Waals surface area contributed by atoms with Crippen LogP contribution in [0.4, 0.5) is 0 Å². The van der Waals surface area contributed by atoms with Crippen molar-refractivity contribution in [3.8, 4) is 0 Å². The molecule has 1 aliphatic carbocycles. The second kappa shape index (κ2) is 5.99. The van der Waals surface area contributed by atoms with E-state index in [9.17, 15) is 14.7 Å². The fraction of sp³-hybridized carbons (Fsp3) is 0.529. The van der Waals surface area contributed by atoms with E-state index in [4.69, 9.17) is 23.2 Å². The predicted octanol–water partition coefficient (Wildman–Crippen LogP) is 3.81. The van der Waals surface area contributed by atoms with Gasteiger partial charge in [-0.3, -0.25) is 9.59 Å². The first-order chi connectivity index (χ1) is 10.8. The molecule has 1 N–H and O–H groups in total. The summed E-state index contributed by atoms with van der Waals surface area (Å²) in [5, 5.41) is 10.5. The lowest BCUT2D eigenvalue weighted by Gasteiger charge is -2.37. The van der Waals surface area contributed by atoms with Crippen LogP contribution in [0.5, 0.6) is 0 Å². The van der Waals surface area contributed by atoms with Crippen LogP contribution in [-0.2, 0) is 9.59 Å². The Hall–Kier alpha value is -1.26. The molecule has 2 aliphatic rings. The van der Waals surface area contributed by atoms with Gasteiger partial charge in [0.1, 0.15) is 0 Å². The van der Waals surface area contributed by atoms with E-state index in [1.54, 1.807) is 24.0 Å². The first-order valence-corrected chi connectivity index (χ1v) is 8.54. The summed E-state index contributed by atoms with van der Waals surface area (Å²) in [5.41, 5.74) is 0.114. The molecule has 3 rings (SSSR count). The highest BCUT2D eigenvalue weighted by atomic mass is 35.5. The number of likely N-dealkylation sites (tertiary alicyclic amines) is 1. The number of aliphatic carboxylic acids is 1. The molecule has 0 aromatic heterocycles. The molecule has 3 unspecified atom stereocenters. The molecule has 3 atom stereocenters. The zero-order chi connectivity index (χ0) is 16.8. The van der Waals surface area contributed by atoms with Gasteiger partial charge in [-0.25, -0.2) is 0 Å². The highest BCUT2D eigenvalue weighted by molar-refractivity contribution is 6.35. The largest absolute Gasteiger partial charge is 0.481 e. The van der Waals surface area contributed by atoms with Gasteiger partial charge in [0, 0.05) is 29.1 Å². The van der Waals surface area contributed by atoms with E-state index in [1.165, 1.54) is 0 Å². The van der Waals surface area contributed by atoms with Gasteiger partial charge >= 0.3 is 5.97 Å². The molecule has 0 radical (unpaired) electrons. The second-order valence-electron chi connectivity index (χ2n) is 6.84. The fourth-order valence-corrected chi connectivity index (χ4v) is 4.00. The van der Waals surface area contributed by atoms with E-state index in [0.717, 1.165) is 18.4 Å². The second-order valence-corrected chi connectivity index (χ2v) is 7.69. The Morgan fingerprint density at radius 3 is 2.74 bits per heavy atom. The van der Waals surface area contributed by atoms with Crippen molar-refractivity contribution >= 4 is 35.1 Å². The molecule has 6 heteroatoms. The molecule has 1 aromatic rings. The van der Waals surface area contributed by atoms with Crippen LogP contribution < -0.4 is 0 Å². The van der Waals surface area contributed by atoms with Gasteiger partial charge in [0.15, 0.2) is 0 Å². The molecule has 1 aromatic carbocycles. The average molecular weight is 356 g/mol. The number of piperidine rings is 1. The van der Waals surface area contributed by atoms with E-state index < -0.39 is 11.4 Å². The number of rotatable bonds is 3. The SMILES string of the molecule is CC1(C(=O)O)CCCN(C(=O)C2CC2c2ccc(Cl)cc2Cl)C1. The maximum atomic E-state index is 12.7. The van der Waals surface area contributed by atoms with E-state index >= 15 is 0 Å². The van der Waals surface area contributed by atoms with Crippen LogP contribution in [0.25, 0.3) is 0 Å². The van der Waals surface area contributed by atoms with Gasteiger partial charge in [-0.05, 0) is 49.8 Å². The van der Waals surface area contributed by atoms with Crippen molar-refractivity contribution in [1.29, 1.82) is 0 Å². The summed E-state index contributed by atoms with van der Waals surface area (Å²) in [7, 11) is 0. The summed E-state index contributed by atoms with van der Waals surface area (Å²) in [6.45, 7) is 2.65. The Morgan fingerprint density at radius 1 is 1.35 bits per heavy atom. The number of benzene rings is 1. The van der Waals surface area contributed by atoms with Crippen LogP contribution in [0.3, 0.4) is 0 Å². The number of carbonyl (C=O) groups is 2. The van der Waals surface area contributed by atoms with Gasteiger partial charge in [0.05, 0.1) is 5.41 Å². The standard InChI is InChI=1S/C17H19Cl2NO3/c1-17(16(22)23)5-2-6-20(9-17)15(21)13-8-12(13)11-4-3-10(18)7-14(11)19/h3-4,7,12-13H,2,5-6,8-9H2,1H3,(H,22,23). The van der Waals surface area contributed by atoms with Crippen molar-refractivity contribution in [2.24, 2.45) is 11.3 Å². The number of nitrogens with zero attached hydrogens (tertiary/aromatic N) is 1. The molecule has 1 heterocycles. The van der Waals surface area contributed by atoms with E-state index in [0.29, 0.717) is 29.6 Å². The van der Waals surface area contributed by atoms with Crippen molar-refractivity contribution in [1.82, 2.24) is 4.90 Å². The number of amides is 1. The molecular formula is C17H19Cl2NO3. The number of carboxylic acid groups (broad SMARTS) is 1. The minimum absolute atomic E-state index is 0.0493. The monoisotopic (exact) mass is 355 g/mol. The fourth-order valence-electron chi connectivity index (χ4n) is 3.45. The van der Waals surface area contributed by atoms with Gasteiger partial charge in [-0.15, -0.1) is 0 Å². The quantitative estimate of drug-likeness (QED) is 0.896. The molecule has 0 spiro atoms. The molecule has 124 valence electrons. The first kappa shape index (κ1) is 16.6. The number of halogens is 2. The highest BCUT2D eigenvalue weighted by Crippen LogP contribution is 2.51. The third-order valence-electron chi connectivity index (χ3n) is 4.99. The number of hydrogen-bond donors (Lipinski definition) is 1. The Labute approximate surface area is 145 Å². The third-order valence-corrected chi connectivity index (χ3v) is 5.56. The molecule has 4 nitrogen and oxygen atoms in total.